The lowest BCUT2D eigenvalue weighted by Crippen LogP contribution is -2.48. The molecule has 0 aromatic carbocycles. The minimum absolute atomic E-state index is 0.105. The van der Waals surface area contributed by atoms with E-state index in [9.17, 15) is 0 Å². The summed E-state index contributed by atoms with van der Waals surface area (Å²) in [7, 11) is 1.77. The van der Waals surface area contributed by atoms with E-state index in [-0.39, 0.29) is 5.60 Å². The van der Waals surface area contributed by atoms with Crippen molar-refractivity contribution in [3.8, 4) is 0 Å². The normalized spacial score (nSPS) is 24.1. The number of aryl methyl sites for hydroxylation is 1. The zero-order valence-corrected chi connectivity index (χ0v) is 11.2. The molecule has 2 rings (SSSR count). The highest BCUT2D eigenvalue weighted by atomic mass is 16.5. The summed E-state index contributed by atoms with van der Waals surface area (Å²) >= 11 is 0. The molecule has 1 unspecified atom stereocenters. The SMILES string of the molecule is COC1(C)CCCN(c2nc(NN)ncc2C)C1. The Morgan fingerprint density at radius 1 is 1.56 bits per heavy atom. The van der Waals surface area contributed by atoms with E-state index in [1.807, 2.05) is 6.92 Å². The quantitative estimate of drug-likeness (QED) is 0.618. The smallest absolute Gasteiger partial charge is 0.239 e. The van der Waals surface area contributed by atoms with Gasteiger partial charge in [-0.25, -0.2) is 10.8 Å². The van der Waals surface area contributed by atoms with Crippen molar-refractivity contribution in [3.63, 3.8) is 0 Å². The maximum absolute atomic E-state index is 5.60. The monoisotopic (exact) mass is 251 g/mol. The molecule has 0 spiro atoms. The Morgan fingerprint density at radius 2 is 2.33 bits per heavy atom. The summed E-state index contributed by atoms with van der Waals surface area (Å²) in [5.41, 5.74) is 3.43. The third-order valence-corrected chi connectivity index (χ3v) is 3.53. The second kappa shape index (κ2) is 5.07. The summed E-state index contributed by atoms with van der Waals surface area (Å²) < 4.78 is 5.60. The number of methoxy groups -OCH3 is 1. The van der Waals surface area contributed by atoms with Crippen LogP contribution in [0.2, 0.25) is 0 Å². The first kappa shape index (κ1) is 13.0. The van der Waals surface area contributed by atoms with Crippen molar-refractivity contribution >= 4 is 11.8 Å². The lowest BCUT2D eigenvalue weighted by atomic mass is 9.94. The second-order valence-electron chi connectivity index (χ2n) is 5.02. The van der Waals surface area contributed by atoms with Crippen molar-refractivity contribution in [1.29, 1.82) is 0 Å². The Morgan fingerprint density at radius 3 is 3.00 bits per heavy atom. The van der Waals surface area contributed by atoms with Gasteiger partial charge in [0.1, 0.15) is 5.82 Å². The first-order valence-electron chi connectivity index (χ1n) is 6.18. The number of aromatic nitrogens is 2. The Kier molecular flexibility index (Phi) is 3.68. The van der Waals surface area contributed by atoms with Crippen molar-refractivity contribution in [3.05, 3.63) is 11.8 Å². The molecule has 0 bridgehead atoms. The highest BCUT2D eigenvalue weighted by Crippen LogP contribution is 2.28. The molecule has 1 aliphatic rings. The fourth-order valence-corrected chi connectivity index (χ4v) is 2.38. The average Bonchev–Trinajstić information content (AvgIpc) is 2.39. The zero-order chi connectivity index (χ0) is 13.2. The van der Waals surface area contributed by atoms with Crippen LogP contribution >= 0.6 is 0 Å². The number of nitrogens with one attached hydrogen (secondary N) is 1. The Hall–Kier alpha value is -1.40. The highest BCUT2D eigenvalue weighted by Gasteiger charge is 2.32. The van der Waals surface area contributed by atoms with Crippen molar-refractivity contribution in [2.24, 2.45) is 5.84 Å². The molecule has 6 nitrogen and oxygen atoms in total. The van der Waals surface area contributed by atoms with E-state index in [1.54, 1.807) is 13.3 Å². The Balaban J connectivity index is 2.25. The van der Waals surface area contributed by atoms with Gasteiger partial charge in [0, 0.05) is 32.0 Å². The molecule has 0 aliphatic carbocycles. The molecule has 1 fully saturated rings. The summed E-state index contributed by atoms with van der Waals surface area (Å²) in [4.78, 5) is 10.8. The molecule has 0 amide bonds. The maximum atomic E-state index is 5.60. The molecule has 6 heteroatoms. The summed E-state index contributed by atoms with van der Waals surface area (Å²) in [5.74, 6) is 6.74. The number of ether oxygens (including phenoxy) is 1. The number of rotatable bonds is 3. The summed E-state index contributed by atoms with van der Waals surface area (Å²) in [6, 6.07) is 0. The van der Waals surface area contributed by atoms with Crippen LogP contribution in [0.4, 0.5) is 11.8 Å². The number of nitrogens with two attached hydrogens (primary N) is 1. The molecule has 1 saturated heterocycles. The van der Waals surface area contributed by atoms with Crippen LogP contribution in [-0.2, 0) is 4.74 Å². The molecule has 1 aromatic rings. The van der Waals surface area contributed by atoms with Gasteiger partial charge in [0.15, 0.2) is 0 Å². The average molecular weight is 251 g/mol. The molecule has 1 aromatic heterocycles. The standard InChI is InChI=1S/C12H21N5O/c1-9-7-14-11(16-13)15-10(9)17-6-4-5-12(2,8-17)18-3/h7H,4-6,8,13H2,1-3H3,(H,14,15,16). The van der Waals surface area contributed by atoms with Crippen LogP contribution in [0.25, 0.3) is 0 Å². The largest absolute Gasteiger partial charge is 0.377 e. The Bertz CT molecular complexity index is 425. The molecule has 1 aliphatic heterocycles. The van der Waals surface area contributed by atoms with Crippen molar-refractivity contribution in [2.45, 2.75) is 32.3 Å². The second-order valence-corrected chi connectivity index (χ2v) is 5.02. The maximum Gasteiger partial charge on any atom is 0.239 e. The van der Waals surface area contributed by atoms with Gasteiger partial charge in [0.05, 0.1) is 5.60 Å². The number of nitrogen functional groups attached to an aromatic ring is 1. The minimum atomic E-state index is -0.105. The topological polar surface area (TPSA) is 76.3 Å². The highest BCUT2D eigenvalue weighted by molar-refractivity contribution is 5.49. The third kappa shape index (κ3) is 2.54. The number of piperidine rings is 1. The van der Waals surface area contributed by atoms with Crippen LogP contribution in [0.15, 0.2) is 6.20 Å². The van der Waals surface area contributed by atoms with Gasteiger partial charge < -0.3 is 9.64 Å². The molecular weight excluding hydrogens is 230 g/mol. The van der Waals surface area contributed by atoms with Crippen LogP contribution in [0.5, 0.6) is 0 Å². The number of nitrogens with zero attached hydrogens (tertiary/aromatic N) is 3. The minimum Gasteiger partial charge on any atom is -0.377 e. The molecular formula is C12H21N5O. The predicted octanol–water partition coefficient (Wildman–Crippen LogP) is 1.08. The van der Waals surface area contributed by atoms with Gasteiger partial charge in [-0.3, -0.25) is 5.43 Å². The summed E-state index contributed by atoms with van der Waals surface area (Å²) in [6.45, 7) is 5.97. The molecule has 0 saturated carbocycles. The van der Waals surface area contributed by atoms with E-state index < -0.39 is 0 Å². The van der Waals surface area contributed by atoms with Gasteiger partial charge in [0.2, 0.25) is 5.95 Å². The molecule has 3 N–H and O–H groups in total. The van der Waals surface area contributed by atoms with Crippen LogP contribution in [0.3, 0.4) is 0 Å². The fourth-order valence-electron chi connectivity index (χ4n) is 2.38. The Labute approximate surface area is 108 Å². The van der Waals surface area contributed by atoms with Gasteiger partial charge in [0.25, 0.3) is 0 Å². The molecule has 18 heavy (non-hydrogen) atoms. The van der Waals surface area contributed by atoms with Crippen LogP contribution in [0, 0.1) is 6.92 Å². The van der Waals surface area contributed by atoms with E-state index in [4.69, 9.17) is 10.6 Å². The van der Waals surface area contributed by atoms with E-state index in [1.165, 1.54) is 0 Å². The lowest BCUT2D eigenvalue weighted by molar-refractivity contribution is -0.00483. The van der Waals surface area contributed by atoms with Gasteiger partial charge in [-0.15, -0.1) is 0 Å². The van der Waals surface area contributed by atoms with Crippen LogP contribution in [0.1, 0.15) is 25.3 Å². The number of hydrogen-bond donors (Lipinski definition) is 2. The first-order valence-corrected chi connectivity index (χ1v) is 6.18. The van der Waals surface area contributed by atoms with E-state index in [0.717, 1.165) is 37.3 Å². The van der Waals surface area contributed by atoms with E-state index in [0.29, 0.717) is 5.95 Å². The molecule has 0 radical (unpaired) electrons. The van der Waals surface area contributed by atoms with Gasteiger partial charge in [-0.1, -0.05) is 0 Å². The predicted molar refractivity (Wildman–Crippen MR) is 71.4 cm³/mol. The first-order chi connectivity index (χ1) is 8.58. The van der Waals surface area contributed by atoms with Gasteiger partial charge in [-0.2, -0.15) is 4.98 Å². The molecule has 100 valence electrons. The fraction of sp³-hybridized carbons (Fsp3) is 0.667. The van der Waals surface area contributed by atoms with Gasteiger partial charge in [-0.05, 0) is 26.7 Å². The number of hydrogen-bond acceptors (Lipinski definition) is 6. The van der Waals surface area contributed by atoms with Crippen LogP contribution in [-0.4, -0.2) is 35.8 Å². The summed E-state index contributed by atoms with van der Waals surface area (Å²) in [5, 5.41) is 0. The third-order valence-electron chi connectivity index (χ3n) is 3.53. The number of anilines is 2. The lowest BCUT2D eigenvalue weighted by Gasteiger charge is -2.40. The van der Waals surface area contributed by atoms with Crippen molar-refractivity contribution < 1.29 is 4.74 Å². The number of hydrazine groups is 1. The van der Waals surface area contributed by atoms with E-state index in [2.05, 4.69) is 27.2 Å². The van der Waals surface area contributed by atoms with E-state index >= 15 is 0 Å². The van der Waals surface area contributed by atoms with Gasteiger partial charge >= 0.3 is 0 Å². The molecule has 2 heterocycles. The van der Waals surface area contributed by atoms with Crippen LogP contribution < -0.4 is 16.2 Å². The molecule has 1 atom stereocenters. The van der Waals surface area contributed by atoms with Crippen molar-refractivity contribution in [2.75, 3.05) is 30.5 Å². The zero-order valence-electron chi connectivity index (χ0n) is 11.2. The van der Waals surface area contributed by atoms with Crippen molar-refractivity contribution in [1.82, 2.24) is 9.97 Å². The summed E-state index contributed by atoms with van der Waals surface area (Å²) in [6.07, 6.45) is 3.96.